The molecule has 1 unspecified atom stereocenters. The van der Waals surface area contributed by atoms with Crippen molar-refractivity contribution in [2.24, 2.45) is 0 Å². The largest absolute Gasteiger partial charge is 0.469 e. The highest BCUT2D eigenvalue weighted by atomic mass is 16.5. The van der Waals surface area contributed by atoms with Gasteiger partial charge in [0.1, 0.15) is 6.42 Å². The molecule has 1 aliphatic carbocycles. The Morgan fingerprint density at radius 1 is 1.20 bits per heavy atom. The van der Waals surface area contributed by atoms with Gasteiger partial charge in [0.2, 0.25) is 0 Å². The quantitative estimate of drug-likeness (QED) is 0.660. The molecule has 0 heterocycles. The van der Waals surface area contributed by atoms with Gasteiger partial charge >= 0.3 is 11.9 Å². The van der Waals surface area contributed by atoms with Gasteiger partial charge in [0, 0.05) is 0 Å². The van der Waals surface area contributed by atoms with Gasteiger partial charge in [-0.15, -0.1) is 0 Å². The van der Waals surface area contributed by atoms with Gasteiger partial charge in [0.25, 0.3) is 0 Å². The number of carbonyl (C=O) groups is 2. The number of hydrogen-bond acceptors (Lipinski definition) is 5. The molecule has 0 amide bonds. The Kier molecular flexibility index (Phi) is 6.46. The van der Waals surface area contributed by atoms with Gasteiger partial charge in [0.15, 0.2) is 0 Å². The maximum atomic E-state index is 10.3. The first kappa shape index (κ1) is 15.9. The van der Waals surface area contributed by atoms with Crippen LogP contribution in [0.25, 0.3) is 6.08 Å². The van der Waals surface area contributed by atoms with Crippen LogP contribution < -0.4 is 0 Å². The van der Waals surface area contributed by atoms with E-state index >= 15 is 0 Å². The lowest BCUT2D eigenvalue weighted by atomic mass is 9.95. The van der Waals surface area contributed by atoms with Gasteiger partial charge in [-0.25, -0.2) is 0 Å². The molecule has 0 aliphatic heterocycles. The highest BCUT2D eigenvalue weighted by Gasteiger charge is 2.11. The van der Waals surface area contributed by atoms with Crippen molar-refractivity contribution in [2.45, 2.75) is 18.9 Å². The molecule has 1 aromatic carbocycles. The number of carbonyl (C=O) groups excluding carboxylic acids is 2. The molecule has 5 nitrogen and oxygen atoms in total. The van der Waals surface area contributed by atoms with E-state index in [-0.39, 0.29) is 12.5 Å². The lowest BCUT2D eigenvalue weighted by Gasteiger charge is -2.15. The van der Waals surface area contributed by atoms with E-state index in [1.807, 2.05) is 30.3 Å². The Balaban J connectivity index is 0.000000206. The summed E-state index contributed by atoms with van der Waals surface area (Å²) in [5.74, 6) is -1.16. The van der Waals surface area contributed by atoms with Gasteiger partial charge in [-0.3, -0.25) is 9.59 Å². The minimum absolute atomic E-state index is 0.295. The van der Waals surface area contributed by atoms with Crippen LogP contribution in [0.4, 0.5) is 0 Å². The van der Waals surface area contributed by atoms with Gasteiger partial charge in [-0.2, -0.15) is 0 Å². The van der Waals surface area contributed by atoms with Crippen molar-refractivity contribution in [1.29, 1.82) is 0 Å². The molecule has 0 aromatic heterocycles. The average molecular weight is 278 g/mol. The van der Waals surface area contributed by atoms with E-state index in [0.717, 1.165) is 17.5 Å². The van der Waals surface area contributed by atoms with E-state index in [9.17, 15) is 14.7 Å². The Morgan fingerprint density at radius 3 is 2.35 bits per heavy atom. The molecule has 5 heteroatoms. The molecule has 0 fully saturated rings. The fraction of sp³-hybridized carbons (Fsp3) is 0.333. The predicted molar refractivity (Wildman–Crippen MR) is 73.7 cm³/mol. The fourth-order valence-corrected chi connectivity index (χ4v) is 1.68. The second-order valence-electron chi connectivity index (χ2n) is 4.11. The predicted octanol–water partition coefficient (Wildman–Crippen LogP) is 1.86. The third kappa shape index (κ3) is 4.85. The maximum Gasteiger partial charge on any atom is 0.316 e. The number of benzene rings is 1. The van der Waals surface area contributed by atoms with Crippen LogP contribution in [-0.2, 0) is 19.1 Å². The summed E-state index contributed by atoms with van der Waals surface area (Å²) in [5.41, 5.74) is 2.20. The molecular formula is C15H18O5. The highest BCUT2D eigenvalue weighted by Crippen LogP contribution is 2.26. The Bertz CT molecular complexity index is 479. The third-order valence-electron chi connectivity index (χ3n) is 2.76. The molecule has 0 saturated carbocycles. The molecular weight excluding hydrogens is 260 g/mol. The molecule has 0 bridgehead atoms. The summed E-state index contributed by atoms with van der Waals surface area (Å²) in [5, 5.41) is 9.51. The average Bonchev–Trinajstić information content (AvgIpc) is 2.48. The van der Waals surface area contributed by atoms with Gasteiger partial charge in [0.05, 0.1) is 20.3 Å². The Labute approximate surface area is 117 Å². The lowest BCUT2D eigenvalue weighted by Crippen LogP contribution is -2.09. The summed E-state index contributed by atoms with van der Waals surface area (Å²) < 4.78 is 8.37. The van der Waals surface area contributed by atoms with E-state index in [1.54, 1.807) is 0 Å². The van der Waals surface area contributed by atoms with Crippen LogP contribution in [0.15, 0.2) is 30.3 Å². The van der Waals surface area contributed by atoms with E-state index in [4.69, 9.17) is 0 Å². The van der Waals surface area contributed by atoms with Crippen LogP contribution in [0.2, 0.25) is 0 Å². The number of aliphatic hydroxyl groups excluding tert-OH is 1. The first-order valence-corrected chi connectivity index (χ1v) is 6.15. The number of rotatable bonds is 2. The summed E-state index contributed by atoms with van der Waals surface area (Å²) in [7, 11) is 2.43. The molecule has 2 rings (SSSR count). The van der Waals surface area contributed by atoms with Crippen LogP contribution in [0.3, 0.4) is 0 Å². The van der Waals surface area contributed by atoms with Gasteiger partial charge in [-0.1, -0.05) is 36.4 Å². The zero-order valence-electron chi connectivity index (χ0n) is 11.5. The van der Waals surface area contributed by atoms with Crippen molar-refractivity contribution in [3.8, 4) is 0 Å². The standard InChI is InChI=1S/C10H10O.C5H8O4/c11-10-7-3-5-8-4-1-2-6-9(8)10;1-8-4(6)3-5(7)9-2/h1-6,10-11H,7H2;3H2,1-2H3. The molecule has 0 spiro atoms. The SMILES string of the molecule is COC(=O)CC(=O)OC.OC1CC=Cc2ccccc21. The van der Waals surface area contributed by atoms with Crippen molar-refractivity contribution in [1.82, 2.24) is 0 Å². The number of methoxy groups -OCH3 is 2. The van der Waals surface area contributed by atoms with Crippen molar-refractivity contribution >= 4 is 18.0 Å². The summed E-state index contributed by atoms with van der Waals surface area (Å²) in [6, 6.07) is 7.94. The van der Waals surface area contributed by atoms with Crippen molar-refractivity contribution in [2.75, 3.05) is 14.2 Å². The minimum atomic E-state index is -0.582. The minimum Gasteiger partial charge on any atom is -0.469 e. The molecule has 0 radical (unpaired) electrons. The molecule has 20 heavy (non-hydrogen) atoms. The smallest absolute Gasteiger partial charge is 0.316 e. The monoisotopic (exact) mass is 278 g/mol. The number of aliphatic hydroxyl groups is 1. The zero-order chi connectivity index (χ0) is 15.0. The number of fused-ring (bicyclic) bond motifs is 1. The van der Waals surface area contributed by atoms with Crippen LogP contribution in [0, 0.1) is 0 Å². The van der Waals surface area contributed by atoms with Gasteiger partial charge < -0.3 is 14.6 Å². The topological polar surface area (TPSA) is 72.8 Å². The number of ether oxygens (including phenoxy) is 2. The lowest BCUT2D eigenvalue weighted by molar-refractivity contribution is -0.151. The van der Waals surface area contributed by atoms with Crippen LogP contribution in [0.1, 0.15) is 30.1 Å². The summed E-state index contributed by atoms with van der Waals surface area (Å²) in [6.07, 6.45) is 4.20. The normalized spacial score (nSPS) is 15.4. The summed E-state index contributed by atoms with van der Waals surface area (Å²) in [4.78, 5) is 20.5. The summed E-state index contributed by atoms with van der Waals surface area (Å²) >= 11 is 0. The van der Waals surface area contributed by atoms with E-state index < -0.39 is 11.9 Å². The summed E-state index contributed by atoms with van der Waals surface area (Å²) in [6.45, 7) is 0. The zero-order valence-corrected chi connectivity index (χ0v) is 11.5. The Hall–Kier alpha value is -2.14. The van der Waals surface area contributed by atoms with Crippen LogP contribution >= 0.6 is 0 Å². The van der Waals surface area contributed by atoms with Crippen LogP contribution in [-0.4, -0.2) is 31.3 Å². The maximum absolute atomic E-state index is 10.3. The second-order valence-corrected chi connectivity index (χ2v) is 4.11. The van der Waals surface area contributed by atoms with Gasteiger partial charge in [-0.05, 0) is 17.5 Å². The molecule has 1 aromatic rings. The molecule has 1 N–H and O–H groups in total. The van der Waals surface area contributed by atoms with E-state index in [0.29, 0.717) is 0 Å². The van der Waals surface area contributed by atoms with E-state index in [2.05, 4.69) is 15.5 Å². The molecule has 108 valence electrons. The molecule has 1 aliphatic rings. The second kappa shape index (κ2) is 8.12. The first-order valence-electron chi connectivity index (χ1n) is 6.15. The molecule has 0 saturated heterocycles. The first-order chi connectivity index (χ1) is 9.58. The fourth-order valence-electron chi connectivity index (χ4n) is 1.68. The number of esters is 2. The third-order valence-corrected chi connectivity index (χ3v) is 2.76. The van der Waals surface area contributed by atoms with Crippen molar-refractivity contribution in [3.63, 3.8) is 0 Å². The Morgan fingerprint density at radius 2 is 1.80 bits per heavy atom. The van der Waals surface area contributed by atoms with E-state index in [1.165, 1.54) is 14.2 Å². The number of hydrogen-bond donors (Lipinski definition) is 1. The van der Waals surface area contributed by atoms with Crippen LogP contribution in [0.5, 0.6) is 0 Å². The van der Waals surface area contributed by atoms with Crippen molar-refractivity contribution in [3.05, 3.63) is 41.5 Å². The van der Waals surface area contributed by atoms with Crippen molar-refractivity contribution < 1.29 is 24.2 Å². The highest BCUT2D eigenvalue weighted by molar-refractivity contribution is 5.90. The molecule has 1 atom stereocenters.